The van der Waals surface area contributed by atoms with Crippen LogP contribution in [0.15, 0.2) is 0 Å². The van der Waals surface area contributed by atoms with Crippen molar-refractivity contribution >= 4 is 22.6 Å². The summed E-state index contributed by atoms with van der Waals surface area (Å²) >= 11 is 1.35. The standard InChI is InChI=1S/C11H19N3O2S/c1-4-6-9-12-11(17-13-9)14(5-2)7-8(3)10(15)16/h8H,4-7H2,1-3H3,(H,15,16). The maximum atomic E-state index is 10.8. The number of nitrogens with zero attached hydrogens (tertiary/aromatic N) is 3. The summed E-state index contributed by atoms with van der Waals surface area (Å²) in [5.41, 5.74) is 0. The van der Waals surface area contributed by atoms with Crippen molar-refractivity contribution in [3.63, 3.8) is 0 Å². The molecule has 0 aliphatic heterocycles. The average molecular weight is 257 g/mol. The van der Waals surface area contributed by atoms with Gasteiger partial charge in [-0.15, -0.1) is 0 Å². The summed E-state index contributed by atoms with van der Waals surface area (Å²) < 4.78 is 4.27. The Kier molecular flexibility index (Phi) is 5.34. The van der Waals surface area contributed by atoms with E-state index in [0.717, 1.165) is 30.3 Å². The monoisotopic (exact) mass is 257 g/mol. The molecule has 1 N–H and O–H groups in total. The Bertz CT molecular complexity index is 367. The van der Waals surface area contributed by atoms with Gasteiger partial charge in [0.25, 0.3) is 0 Å². The molecule has 1 rings (SSSR count). The molecule has 0 spiro atoms. The molecule has 1 aromatic rings. The van der Waals surface area contributed by atoms with Crippen molar-refractivity contribution < 1.29 is 9.90 Å². The predicted octanol–water partition coefficient (Wildman–Crippen LogP) is 2.04. The van der Waals surface area contributed by atoms with Gasteiger partial charge in [0.15, 0.2) is 0 Å². The lowest BCUT2D eigenvalue weighted by molar-refractivity contribution is -0.140. The molecule has 0 aromatic carbocycles. The third kappa shape index (κ3) is 3.96. The Morgan fingerprint density at radius 3 is 2.76 bits per heavy atom. The van der Waals surface area contributed by atoms with E-state index in [0.29, 0.717) is 6.54 Å². The fourth-order valence-electron chi connectivity index (χ4n) is 1.45. The summed E-state index contributed by atoms with van der Waals surface area (Å²) in [5.74, 6) is -0.316. The van der Waals surface area contributed by atoms with Crippen LogP contribution in [0.3, 0.4) is 0 Å². The van der Waals surface area contributed by atoms with Gasteiger partial charge in [-0.2, -0.15) is 4.37 Å². The Morgan fingerprint density at radius 1 is 1.53 bits per heavy atom. The molecule has 1 heterocycles. The van der Waals surface area contributed by atoms with Gasteiger partial charge >= 0.3 is 5.97 Å². The molecule has 0 aliphatic carbocycles. The molecular weight excluding hydrogens is 238 g/mol. The van der Waals surface area contributed by atoms with Crippen molar-refractivity contribution in [2.75, 3.05) is 18.0 Å². The lowest BCUT2D eigenvalue weighted by atomic mass is 10.2. The maximum Gasteiger partial charge on any atom is 0.308 e. The van der Waals surface area contributed by atoms with Gasteiger partial charge in [-0.05, 0) is 13.3 Å². The fourth-order valence-corrected chi connectivity index (χ4v) is 2.23. The van der Waals surface area contributed by atoms with Crippen LogP contribution in [-0.4, -0.2) is 33.5 Å². The molecule has 0 saturated heterocycles. The van der Waals surface area contributed by atoms with Gasteiger partial charge in [0.1, 0.15) is 5.82 Å². The largest absolute Gasteiger partial charge is 0.481 e. The van der Waals surface area contributed by atoms with Crippen molar-refractivity contribution in [3.8, 4) is 0 Å². The maximum absolute atomic E-state index is 10.8. The molecule has 0 amide bonds. The number of hydrogen-bond donors (Lipinski definition) is 1. The van der Waals surface area contributed by atoms with E-state index in [9.17, 15) is 4.79 Å². The minimum atomic E-state index is -0.776. The average Bonchev–Trinajstić information content (AvgIpc) is 2.74. The molecule has 0 bridgehead atoms. The van der Waals surface area contributed by atoms with E-state index in [1.807, 2.05) is 11.8 Å². The molecular formula is C11H19N3O2S. The highest BCUT2D eigenvalue weighted by Crippen LogP contribution is 2.19. The molecule has 1 unspecified atom stereocenters. The first-order chi connectivity index (χ1) is 8.08. The molecule has 1 aromatic heterocycles. The van der Waals surface area contributed by atoms with Crippen LogP contribution in [0.25, 0.3) is 0 Å². The minimum absolute atomic E-state index is 0.395. The summed E-state index contributed by atoms with van der Waals surface area (Å²) in [6.07, 6.45) is 1.90. The van der Waals surface area contributed by atoms with Crippen molar-refractivity contribution in [1.82, 2.24) is 9.36 Å². The molecule has 17 heavy (non-hydrogen) atoms. The van der Waals surface area contributed by atoms with Crippen molar-refractivity contribution in [3.05, 3.63) is 5.82 Å². The molecule has 96 valence electrons. The smallest absolute Gasteiger partial charge is 0.308 e. The lowest BCUT2D eigenvalue weighted by Crippen LogP contribution is -2.31. The normalized spacial score (nSPS) is 12.4. The molecule has 6 heteroatoms. The van der Waals surface area contributed by atoms with Gasteiger partial charge in [0, 0.05) is 31.0 Å². The molecule has 0 fully saturated rings. The first-order valence-corrected chi connectivity index (χ1v) is 6.66. The Hall–Kier alpha value is -1.17. The van der Waals surface area contributed by atoms with Crippen LogP contribution in [-0.2, 0) is 11.2 Å². The number of aromatic nitrogens is 2. The summed E-state index contributed by atoms with van der Waals surface area (Å²) in [4.78, 5) is 17.2. The lowest BCUT2D eigenvalue weighted by Gasteiger charge is -2.21. The molecule has 0 aliphatic rings. The van der Waals surface area contributed by atoms with Gasteiger partial charge in [0.2, 0.25) is 5.13 Å². The van der Waals surface area contributed by atoms with Crippen molar-refractivity contribution in [1.29, 1.82) is 0 Å². The second-order valence-electron chi connectivity index (χ2n) is 4.02. The van der Waals surface area contributed by atoms with Crippen molar-refractivity contribution in [2.24, 2.45) is 5.92 Å². The first kappa shape index (κ1) is 13.9. The van der Waals surface area contributed by atoms with Gasteiger partial charge in [-0.1, -0.05) is 13.8 Å². The van der Waals surface area contributed by atoms with E-state index in [1.165, 1.54) is 11.5 Å². The zero-order valence-electron chi connectivity index (χ0n) is 10.5. The van der Waals surface area contributed by atoms with Gasteiger partial charge < -0.3 is 10.0 Å². The molecule has 0 radical (unpaired) electrons. The number of carbonyl (C=O) groups is 1. The second kappa shape index (κ2) is 6.54. The Labute approximate surface area is 106 Å². The van der Waals surface area contributed by atoms with Crippen LogP contribution in [0.5, 0.6) is 0 Å². The highest BCUT2D eigenvalue weighted by atomic mass is 32.1. The van der Waals surface area contributed by atoms with Gasteiger partial charge in [0.05, 0.1) is 5.92 Å². The predicted molar refractivity (Wildman–Crippen MR) is 68.6 cm³/mol. The number of anilines is 1. The second-order valence-corrected chi connectivity index (χ2v) is 4.75. The van der Waals surface area contributed by atoms with E-state index in [4.69, 9.17) is 5.11 Å². The zero-order chi connectivity index (χ0) is 12.8. The van der Waals surface area contributed by atoms with E-state index in [-0.39, 0.29) is 0 Å². The Morgan fingerprint density at radius 2 is 2.24 bits per heavy atom. The van der Waals surface area contributed by atoms with Crippen LogP contribution in [0.1, 0.15) is 33.0 Å². The topological polar surface area (TPSA) is 66.3 Å². The quantitative estimate of drug-likeness (QED) is 0.809. The fraction of sp³-hybridized carbons (Fsp3) is 0.727. The summed E-state index contributed by atoms with van der Waals surface area (Å²) in [6.45, 7) is 7.02. The van der Waals surface area contributed by atoms with Crippen LogP contribution in [0.4, 0.5) is 5.13 Å². The highest BCUT2D eigenvalue weighted by molar-refractivity contribution is 7.09. The van der Waals surface area contributed by atoms with Crippen molar-refractivity contribution in [2.45, 2.75) is 33.6 Å². The number of rotatable bonds is 7. The van der Waals surface area contributed by atoms with Crippen LogP contribution >= 0.6 is 11.5 Å². The third-order valence-corrected chi connectivity index (χ3v) is 3.31. The molecule has 5 nitrogen and oxygen atoms in total. The number of aryl methyl sites for hydroxylation is 1. The van der Waals surface area contributed by atoms with Gasteiger partial charge in [-0.3, -0.25) is 4.79 Å². The van der Waals surface area contributed by atoms with E-state index < -0.39 is 11.9 Å². The number of hydrogen-bond acceptors (Lipinski definition) is 5. The SMILES string of the molecule is CCCc1nsc(N(CC)CC(C)C(=O)O)n1. The Balaban J connectivity index is 2.68. The van der Waals surface area contributed by atoms with E-state index in [1.54, 1.807) is 6.92 Å². The van der Waals surface area contributed by atoms with E-state index in [2.05, 4.69) is 16.3 Å². The first-order valence-electron chi connectivity index (χ1n) is 5.88. The van der Waals surface area contributed by atoms with Crippen LogP contribution in [0, 0.1) is 5.92 Å². The van der Waals surface area contributed by atoms with Gasteiger partial charge in [-0.25, -0.2) is 4.98 Å². The van der Waals surface area contributed by atoms with Crippen LogP contribution in [0.2, 0.25) is 0 Å². The van der Waals surface area contributed by atoms with E-state index >= 15 is 0 Å². The summed E-state index contributed by atoms with van der Waals surface area (Å²) in [6, 6.07) is 0. The minimum Gasteiger partial charge on any atom is -0.481 e. The van der Waals surface area contributed by atoms with Crippen LogP contribution < -0.4 is 4.90 Å². The summed E-state index contributed by atoms with van der Waals surface area (Å²) in [5, 5.41) is 9.73. The number of aliphatic carboxylic acids is 1. The number of carboxylic acid groups (broad SMARTS) is 1. The zero-order valence-corrected chi connectivity index (χ0v) is 11.3. The third-order valence-electron chi connectivity index (χ3n) is 2.50. The summed E-state index contributed by atoms with van der Waals surface area (Å²) in [7, 11) is 0. The number of carboxylic acids is 1. The highest BCUT2D eigenvalue weighted by Gasteiger charge is 2.18. The molecule has 0 saturated carbocycles. The molecule has 1 atom stereocenters.